The predicted octanol–water partition coefficient (Wildman–Crippen LogP) is 4.80. The van der Waals surface area contributed by atoms with Crippen LogP contribution in [0.2, 0.25) is 0 Å². The summed E-state index contributed by atoms with van der Waals surface area (Å²) in [4.78, 5) is 42.8. The van der Waals surface area contributed by atoms with Crippen LogP contribution < -0.4 is 10.2 Å². The molecule has 7 heteroatoms. The zero-order valence-electron chi connectivity index (χ0n) is 19.3. The van der Waals surface area contributed by atoms with Crippen LogP contribution in [0, 0.1) is 5.92 Å². The lowest BCUT2D eigenvalue weighted by Gasteiger charge is -2.31. The van der Waals surface area contributed by atoms with E-state index in [4.69, 9.17) is 0 Å². The van der Waals surface area contributed by atoms with Crippen molar-refractivity contribution >= 4 is 40.9 Å². The molecule has 0 radical (unpaired) electrons. The van der Waals surface area contributed by atoms with E-state index < -0.39 is 5.92 Å². The number of carbonyl (C=O) groups excluding carboxylic acids is 3. The maximum atomic E-state index is 12.8. The van der Waals surface area contributed by atoms with Crippen LogP contribution >= 0.6 is 11.8 Å². The van der Waals surface area contributed by atoms with Crippen LogP contribution in [0.1, 0.15) is 48.9 Å². The third kappa shape index (κ3) is 5.41. The van der Waals surface area contributed by atoms with Crippen LogP contribution in [0.3, 0.4) is 0 Å². The van der Waals surface area contributed by atoms with Gasteiger partial charge in [0.2, 0.25) is 11.8 Å². The molecule has 174 valence electrons. The Morgan fingerprint density at radius 2 is 1.67 bits per heavy atom. The molecule has 1 aliphatic carbocycles. The van der Waals surface area contributed by atoms with Gasteiger partial charge >= 0.3 is 0 Å². The van der Waals surface area contributed by atoms with E-state index in [2.05, 4.69) is 5.32 Å². The maximum absolute atomic E-state index is 12.8. The summed E-state index contributed by atoms with van der Waals surface area (Å²) in [5, 5.41) is 2.91. The largest absolute Gasteiger partial charge is 0.339 e. The van der Waals surface area contributed by atoms with Gasteiger partial charge in [0.15, 0.2) is 0 Å². The summed E-state index contributed by atoms with van der Waals surface area (Å²) in [7, 11) is 1.88. The SMILES string of the molecule is CSc1ccc(N2CC(C(=O)Nc3ccc(C(=O)N(C)C4CCCCC4)cc3)CC2=O)cc1. The van der Waals surface area contributed by atoms with Crippen molar-refractivity contribution in [1.82, 2.24) is 4.90 Å². The normalized spacial score (nSPS) is 18.9. The Morgan fingerprint density at radius 3 is 2.30 bits per heavy atom. The van der Waals surface area contributed by atoms with E-state index in [1.807, 2.05) is 42.5 Å². The first-order valence-corrected chi connectivity index (χ1v) is 12.8. The average molecular weight is 466 g/mol. The lowest BCUT2D eigenvalue weighted by atomic mass is 9.94. The molecular formula is C26H31N3O3S. The number of hydrogen-bond acceptors (Lipinski definition) is 4. The van der Waals surface area contributed by atoms with Crippen LogP contribution in [-0.4, -0.2) is 48.5 Å². The van der Waals surface area contributed by atoms with Crippen molar-refractivity contribution < 1.29 is 14.4 Å². The van der Waals surface area contributed by atoms with Crippen LogP contribution in [0.15, 0.2) is 53.4 Å². The smallest absolute Gasteiger partial charge is 0.253 e. The van der Waals surface area contributed by atoms with Gasteiger partial charge in [-0.15, -0.1) is 11.8 Å². The molecule has 1 saturated heterocycles. The standard InChI is InChI=1S/C26H31N3O3S/c1-28(21-6-4-3-5-7-21)26(32)18-8-10-20(11-9-18)27-25(31)19-16-24(30)29(17-19)22-12-14-23(33-2)15-13-22/h8-15,19,21H,3-7,16-17H2,1-2H3,(H,27,31). The highest BCUT2D eigenvalue weighted by molar-refractivity contribution is 7.98. The van der Waals surface area contributed by atoms with E-state index in [1.54, 1.807) is 40.9 Å². The second kappa shape index (κ2) is 10.4. The van der Waals surface area contributed by atoms with Crippen molar-refractivity contribution in [3.05, 3.63) is 54.1 Å². The number of rotatable bonds is 6. The van der Waals surface area contributed by atoms with Crippen LogP contribution in [-0.2, 0) is 9.59 Å². The molecule has 2 aliphatic rings. The van der Waals surface area contributed by atoms with Gasteiger partial charge in [-0.25, -0.2) is 0 Å². The molecule has 4 rings (SSSR count). The highest BCUT2D eigenvalue weighted by Crippen LogP contribution is 2.28. The molecule has 2 aromatic rings. The summed E-state index contributed by atoms with van der Waals surface area (Å²) < 4.78 is 0. The van der Waals surface area contributed by atoms with E-state index in [9.17, 15) is 14.4 Å². The molecule has 1 unspecified atom stereocenters. The van der Waals surface area contributed by atoms with Crippen molar-refractivity contribution in [2.45, 2.75) is 49.5 Å². The number of carbonyl (C=O) groups is 3. The Hall–Kier alpha value is -2.80. The summed E-state index contributed by atoms with van der Waals surface area (Å²) in [5.74, 6) is -0.607. The lowest BCUT2D eigenvalue weighted by Crippen LogP contribution is -2.38. The Balaban J connectivity index is 1.34. The van der Waals surface area contributed by atoms with Crippen LogP contribution in [0.4, 0.5) is 11.4 Å². The topological polar surface area (TPSA) is 69.7 Å². The highest BCUT2D eigenvalue weighted by atomic mass is 32.2. The fraction of sp³-hybridized carbons (Fsp3) is 0.423. The highest BCUT2D eigenvalue weighted by Gasteiger charge is 2.35. The number of benzene rings is 2. The van der Waals surface area contributed by atoms with E-state index in [0.717, 1.165) is 23.4 Å². The Kier molecular flexibility index (Phi) is 7.38. The van der Waals surface area contributed by atoms with Crippen molar-refractivity contribution in [3.63, 3.8) is 0 Å². The van der Waals surface area contributed by atoms with Crippen LogP contribution in [0.25, 0.3) is 0 Å². The maximum Gasteiger partial charge on any atom is 0.253 e. The number of nitrogens with zero attached hydrogens (tertiary/aromatic N) is 2. The summed E-state index contributed by atoms with van der Waals surface area (Å²) in [6, 6.07) is 15.2. The van der Waals surface area contributed by atoms with Gasteiger partial charge in [0.05, 0.1) is 5.92 Å². The summed E-state index contributed by atoms with van der Waals surface area (Å²) in [5.41, 5.74) is 2.07. The minimum Gasteiger partial charge on any atom is -0.339 e. The summed E-state index contributed by atoms with van der Waals surface area (Å²) in [6.07, 6.45) is 7.94. The third-order valence-electron chi connectivity index (χ3n) is 6.72. The number of nitrogens with one attached hydrogen (secondary N) is 1. The minimum atomic E-state index is -0.406. The molecular weight excluding hydrogens is 434 g/mol. The Bertz CT molecular complexity index is 1000. The van der Waals surface area contributed by atoms with Gasteiger partial charge in [0.25, 0.3) is 5.91 Å². The van der Waals surface area contributed by atoms with Crippen molar-refractivity contribution in [3.8, 4) is 0 Å². The van der Waals surface area contributed by atoms with Gasteiger partial charge in [-0.2, -0.15) is 0 Å². The van der Waals surface area contributed by atoms with E-state index in [0.29, 0.717) is 23.8 Å². The first kappa shape index (κ1) is 23.4. The molecule has 6 nitrogen and oxygen atoms in total. The molecule has 3 amide bonds. The predicted molar refractivity (Wildman–Crippen MR) is 133 cm³/mol. The number of thioether (sulfide) groups is 1. The molecule has 2 fully saturated rings. The van der Waals surface area contributed by atoms with Crippen LogP contribution in [0.5, 0.6) is 0 Å². The molecule has 1 aliphatic heterocycles. The van der Waals surface area contributed by atoms with Gasteiger partial charge in [0, 0.05) is 47.9 Å². The molecule has 1 saturated carbocycles. The third-order valence-corrected chi connectivity index (χ3v) is 7.47. The molecule has 0 spiro atoms. The molecule has 0 aromatic heterocycles. The van der Waals surface area contributed by atoms with E-state index in [1.165, 1.54) is 19.3 Å². The first-order valence-electron chi connectivity index (χ1n) is 11.6. The summed E-state index contributed by atoms with van der Waals surface area (Å²) in [6.45, 7) is 0.367. The molecule has 1 N–H and O–H groups in total. The molecule has 2 aromatic carbocycles. The van der Waals surface area contributed by atoms with E-state index >= 15 is 0 Å². The average Bonchev–Trinajstić information content (AvgIpc) is 3.26. The quantitative estimate of drug-likeness (QED) is 0.622. The monoisotopic (exact) mass is 465 g/mol. The van der Waals surface area contributed by atoms with Gasteiger partial charge in [-0.3, -0.25) is 14.4 Å². The summed E-state index contributed by atoms with van der Waals surface area (Å²) >= 11 is 1.65. The lowest BCUT2D eigenvalue weighted by molar-refractivity contribution is -0.122. The first-order chi connectivity index (χ1) is 16.0. The Labute approximate surface area is 199 Å². The molecule has 1 atom stereocenters. The molecule has 33 heavy (non-hydrogen) atoms. The number of anilines is 2. The van der Waals surface area contributed by atoms with Gasteiger partial charge in [0.1, 0.15) is 0 Å². The van der Waals surface area contributed by atoms with Gasteiger partial charge in [-0.1, -0.05) is 19.3 Å². The molecule has 0 bridgehead atoms. The molecule has 1 heterocycles. The zero-order valence-corrected chi connectivity index (χ0v) is 20.1. The number of amides is 3. The van der Waals surface area contributed by atoms with Gasteiger partial charge in [-0.05, 0) is 67.6 Å². The second-order valence-corrected chi connectivity index (χ2v) is 9.76. The number of hydrogen-bond donors (Lipinski definition) is 1. The van der Waals surface area contributed by atoms with E-state index in [-0.39, 0.29) is 24.1 Å². The Morgan fingerprint density at radius 1 is 1.00 bits per heavy atom. The van der Waals surface area contributed by atoms with Gasteiger partial charge < -0.3 is 15.1 Å². The van der Waals surface area contributed by atoms with Crippen molar-refractivity contribution in [2.75, 3.05) is 30.1 Å². The fourth-order valence-corrected chi connectivity index (χ4v) is 5.08. The van der Waals surface area contributed by atoms with Crippen molar-refractivity contribution in [1.29, 1.82) is 0 Å². The second-order valence-electron chi connectivity index (χ2n) is 8.88. The zero-order chi connectivity index (χ0) is 23.4. The van der Waals surface area contributed by atoms with Crippen molar-refractivity contribution in [2.24, 2.45) is 5.92 Å². The minimum absolute atomic E-state index is 0.0179. The fourth-order valence-electron chi connectivity index (χ4n) is 4.67.